The smallest absolute Gasteiger partial charge is 0.354 e. The van der Waals surface area contributed by atoms with Gasteiger partial charge in [0.1, 0.15) is 0 Å². The molecule has 0 atom stereocenters. The molecule has 2 heterocycles. The number of ether oxygens (including phenoxy) is 1. The van der Waals surface area contributed by atoms with Gasteiger partial charge in [-0.05, 0) is 6.07 Å². The minimum atomic E-state index is -1.10. The zero-order chi connectivity index (χ0) is 13.7. The summed E-state index contributed by atoms with van der Waals surface area (Å²) in [7, 11) is 1.62. The fourth-order valence-electron chi connectivity index (χ4n) is 1.40. The van der Waals surface area contributed by atoms with Crippen molar-refractivity contribution in [1.82, 2.24) is 19.7 Å². The SMILES string of the molecule is COCCn1cc(Nc2nccc(C(=O)O)n2)cn1. The summed E-state index contributed by atoms with van der Waals surface area (Å²) in [6.07, 6.45) is 4.75. The Bertz CT molecular complexity index is 569. The Labute approximate surface area is 109 Å². The predicted octanol–water partition coefficient (Wildman–Crippen LogP) is 0.761. The van der Waals surface area contributed by atoms with Gasteiger partial charge in [0, 0.05) is 19.5 Å². The van der Waals surface area contributed by atoms with Crippen molar-refractivity contribution in [1.29, 1.82) is 0 Å². The van der Waals surface area contributed by atoms with E-state index in [0.717, 1.165) is 0 Å². The van der Waals surface area contributed by atoms with Gasteiger partial charge in [0.05, 0.1) is 25.0 Å². The van der Waals surface area contributed by atoms with E-state index in [1.165, 1.54) is 12.3 Å². The van der Waals surface area contributed by atoms with Gasteiger partial charge < -0.3 is 15.2 Å². The Kier molecular flexibility index (Phi) is 4.04. The summed E-state index contributed by atoms with van der Waals surface area (Å²) in [4.78, 5) is 18.6. The lowest BCUT2D eigenvalue weighted by Gasteiger charge is -2.02. The third-order valence-electron chi connectivity index (χ3n) is 2.29. The molecule has 0 aliphatic rings. The van der Waals surface area contributed by atoms with E-state index >= 15 is 0 Å². The summed E-state index contributed by atoms with van der Waals surface area (Å²) in [5, 5.41) is 15.8. The van der Waals surface area contributed by atoms with Gasteiger partial charge in [-0.1, -0.05) is 0 Å². The monoisotopic (exact) mass is 263 g/mol. The molecule has 19 heavy (non-hydrogen) atoms. The molecule has 0 saturated carbocycles. The molecule has 0 aliphatic heterocycles. The van der Waals surface area contributed by atoms with E-state index in [4.69, 9.17) is 9.84 Å². The van der Waals surface area contributed by atoms with Gasteiger partial charge in [0.25, 0.3) is 0 Å². The molecule has 2 aromatic rings. The molecule has 0 unspecified atom stereocenters. The molecule has 8 nitrogen and oxygen atoms in total. The van der Waals surface area contributed by atoms with Crippen LogP contribution in [0.25, 0.3) is 0 Å². The molecule has 0 aromatic carbocycles. The van der Waals surface area contributed by atoms with E-state index in [0.29, 0.717) is 18.8 Å². The van der Waals surface area contributed by atoms with Gasteiger partial charge in [0.15, 0.2) is 5.69 Å². The Morgan fingerprint density at radius 3 is 3.16 bits per heavy atom. The highest BCUT2D eigenvalue weighted by atomic mass is 16.5. The number of carboxylic acid groups (broad SMARTS) is 1. The number of methoxy groups -OCH3 is 1. The Morgan fingerprint density at radius 1 is 1.58 bits per heavy atom. The average Bonchev–Trinajstić information content (AvgIpc) is 2.84. The van der Waals surface area contributed by atoms with Crippen molar-refractivity contribution >= 4 is 17.6 Å². The van der Waals surface area contributed by atoms with Crippen molar-refractivity contribution in [2.24, 2.45) is 0 Å². The lowest BCUT2D eigenvalue weighted by atomic mass is 10.4. The summed E-state index contributed by atoms with van der Waals surface area (Å²) in [5.41, 5.74) is 0.614. The first kappa shape index (κ1) is 13.0. The summed E-state index contributed by atoms with van der Waals surface area (Å²) >= 11 is 0. The first-order valence-corrected chi connectivity index (χ1v) is 5.54. The van der Waals surface area contributed by atoms with Crippen molar-refractivity contribution in [3.8, 4) is 0 Å². The maximum absolute atomic E-state index is 10.8. The van der Waals surface area contributed by atoms with Crippen molar-refractivity contribution in [2.45, 2.75) is 6.54 Å². The molecule has 0 saturated heterocycles. The molecule has 0 fully saturated rings. The number of carbonyl (C=O) groups is 1. The van der Waals surface area contributed by atoms with E-state index in [9.17, 15) is 4.79 Å². The van der Waals surface area contributed by atoms with Crippen LogP contribution in [0.2, 0.25) is 0 Å². The van der Waals surface area contributed by atoms with Crippen molar-refractivity contribution in [3.63, 3.8) is 0 Å². The molecule has 2 aromatic heterocycles. The Morgan fingerprint density at radius 2 is 2.42 bits per heavy atom. The number of aromatic nitrogens is 4. The quantitative estimate of drug-likeness (QED) is 0.793. The lowest BCUT2D eigenvalue weighted by Crippen LogP contribution is -2.05. The van der Waals surface area contributed by atoms with E-state index in [2.05, 4.69) is 20.4 Å². The standard InChI is InChI=1S/C11H13N5O3/c1-19-5-4-16-7-8(6-13-16)14-11-12-3-2-9(15-11)10(17)18/h2-3,6-7H,4-5H2,1H3,(H,17,18)(H,12,14,15). The van der Waals surface area contributed by atoms with Crippen LogP contribution in [0.15, 0.2) is 24.7 Å². The van der Waals surface area contributed by atoms with E-state index in [1.54, 1.807) is 24.2 Å². The highest BCUT2D eigenvalue weighted by molar-refractivity contribution is 5.85. The van der Waals surface area contributed by atoms with E-state index in [-0.39, 0.29) is 11.6 Å². The van der Waals surface area contributed by atoms with Gasteiger partial charge >= 0.3 is 5.97 Å². The molecule has 2 N–H and O–H groups in total. The van der Waals surface area contributed by atoms with Gasteiger partial charge in [-0.3, -0.25) is 4.68 Å². The number of nitrogens with zero attached hydrogens (tertiary/aromatic N) is 4. The van der Waals surface area contributed by atoms with Gasteiger partial charge in [-0.25, -0.2) is 14.8 Å². The van der Waals surface area contributed by atoms with Crippen LogP contribution in [0, 0.1) is 0 Å². The van der Waals surface area contributed by atoms with E-state index < -0.39 is 5.97 Å². The topological polar surface area (TPSA) is 102 Å². The first-order valence-electron chi connectivity index (χ1n) is 5.54. The van der Waals surface area contributed by atoms with Crippen LogP contribution in [-0.4, -0.2) is 44.5 Å². The van der Waals surface area contributed by atoms with Crippen molar-refractivity contribution in [3.05, 3.63) is 30.4 Å². The second-order valence-electron chi connectivity index (χ2n) is 3.68. The third kappa shape index (κ3) is 3.49. The van der Waals surface area contributed by atoms with E-state index in [1.807, 2.05) is 0 Å². The van der Waals surface area contributed by atoms with Crippen LogP contribution < -0.4 is 5.32 Å². The fraction of sp³-hybridized carbons (Fsp3) is 0.273. The largest absolute Gasteiger partial charge is 0.477 e. The zero-order valence-electron chi connectivity index (χ0n) is 10.3. The Balaban J connectivity index is 2.06. The van der Waals surface area contributed by atoms with Gasteiger partial charge in [-0.15, -0.1) is 0 Å². The van der Waals surface area contributed by atoms with Crippen molar-refractivity contribution in [2.75, 3.05) is 19.0 Å². The van der Waals surface area contributed by atoms with Crippen LogP contribution >= 0.6 is 0 Å². The maximum atomic E-state index is 10.8. The molecule has 8 heteroatoms. The van der Waals surface area contributed by atoms with Gasteiger partial charge in [-0.2, -0.15) is 5.10 Å². The molecular weight excluding hydrogens is 250 g/mol. The minimum absolute atomic E-state index is 0.0655. The van der Waals surface area contributed by atoms with Gasteiger partial charge in [0.2, 0.25) is 5.95 Å². The number of anilines is 2. The second-order valence-corrected chi connectivity index (χ2v) is 3.68. The maximum Gasteiger partial charge on any atom is 0.354 e. The number of aromatic carboxylic acids is 1. The van der Waals surface area contributed by atoms with Crippen LogP contribution in [0.5, 0.6) is 0 Å². The minimum Gasteiger partial charge on any atom is -0.477 e. The molecule has 0 aliphatic carbocycles. The highest BCUT2D eigenvalue weighted by Gasteiger charge is 2.07. The van der Waals surface area contributed by atoms with Crippen LogP contribution in [-0.2, 0) is 11.3 Å². The fourth-order valence-corrected chi connectivity index (χ4v) is 1.40. The first-order chi connectivity index (χ1) is 9.19. The van der Waals surface area contributed by atoms with Crippen LogP contribution in [0.3, 0.4) is 0 Å². The predicted molar refractivity (Wildman–Crippen MR) is 66.4 cm³/mol. The number of nitrogens with one attached hydrogen (secondary N) is 1. The summed E-state index contributed by atoms with van der Waals surface area (Å²) in [6, 6.07) is 1.33. The van der Waals surface area contributed by atoms with Crippen molar-refractivity contribution < 1.29 is 14.6 Å². The molecule has 0 spiro atoms. The molecule has 100 valence electrons. The molecule has 0 radical (unpaired) electrons. The zero-order valence-corrected chi connectivity index (χ0v) is 10.3. The molecule has 2 rings (SSSR count). The third-order valence-corrected chi connectivity index (χ3v) is 2.29. The lowest BCUT2D eigenvalue weighted by molar-refractivity contribution is 0.0690. The summed E-state index contributed by atoms with van der Waals surface area (Å²) in [6.45, 7) is 1.19. The van der Waals surface area contributed by atoms with Crippen LogP contribution in [0.4, 0.5) is 11.6 Å². The average molecular weight is 263 g/mol. The summed E-state index contributed by atoms with van der Waals surface area (Å²) < 4.78 is 6.65. The number of rotatable bonds is 6. The molecule has 0 bridgehead atoms. The molecular formula is C11H13N5O3. The highest BCUT2D eigenvalue weighted by Crippen LogP contribution is 2.11. The van der Waals surface area contributed by atoms with Crippen LogP contribution in [0.1, 0.15) is 10.5 Å². The normalized spacial score (nSPS) is 10.4. The Hall–Kier alpha value is -2.48. The summed E-state index contributed by atoms with van der Waals surface area (Å²) in [5.74, 6) is -0.882. The molecule has 0 amide bonds. The second kappa shape index (κ2) is 5.91. The number of hydrogen-bond acceptors (Lipinski definition) is 6. The number of carboxylic acids is 1. The number of hydrogen-bond donors (Lipinski definition) is 2.